The zero-order valence-electron chi connectivity index (χ0n) is 12.2. The van der Waals surface area contributed by atoms with Crippen molar-refractivity contribution in [3.05, 3.63) is 35.8 Å². The molecule has 22 heavy (non-hydrogen) atoms. The fourth-order valence-corrected chi connectivity index (χ4v) is 3.75. The summed E-state index contributed by atoms with van der Waals surface area (Å²) in [5, 5.41) is 8.67. The predicted molar refractivity (Wildman–Crippen MR) is 84.8 cm³/mol. The van der Waals surface area contributed by atoms with Crippen molar-refractivity contribution in [3.63, 3.8) is 0 Å². The second-order valence-corrected chi connectivity index (χ2v) is 6.68. The van der Waals surface area contributed by atoms with Crippen molar-refractivity contribution in [2.24, 2.45) is 5.92 Å². The van der Waals surface area contributed by atoms with Gasteiger partial charge in [-0.3, -0.25) is 4.79 Å². The van der Waals surface area contributed by atoms with Crippen molar-refractivity contribution in [2.75, 3.05) is 11.1 Å². The fraction of sp³-hybridized carbons (Fsp3) is 0.400. The highest BCUT2D eigenvalue weighted by Crippen LogP contribution is 2.41. The molecule has 2 atom stereocenters. The highest BCUT2D eigenvalue weighted by atomic mass is 32.2. The molecule has 0 spiro atoms. The number of Topliss-reactive ketones (excluding diaryl/α,β-unsaturated/α-hetero) is 1. The van der Waals surface area contributed by atoms with Crippen molar-refractivity contribution in [3.8, 4) is 0 Å². The number of carbonyl (C=O) groups is 1. The van der Waals surface area contributed by atoms with Crippen LogP contribution in [0.1, 0.15) is 31.4 Å². The van der Waals surface area contributed by atoms with Crippen LogP contribution in [-0.2, 0) is 4.79 Å². The van der Waals surface area contributed by atoms with Gasteiger partial charge in [0.25, 0.3) is 0 Å². The number of rotatable bonds is 3. The molecule has 2 aromatic rings. The van der Waals surface area contributed by atoms with Gasteiger partial charge in [0.1, 0.15) is 5.78 Å². The Labute approximate surface area is 132 Å². The number of carbonyl (C=O) groups excluding carboxylic acids is 1. The maximum absolute atomic E-state index is 12.5. The third kappa shape index (κ3) is 2.08. The van der Waals surface area contributed by atoms with Crippen LogP contribution in [0.25, 0.3) is 0 Å². The van der Waals surface area contributed by atoms with Gasteiger partial charge in [0.2, 0.25) is 11.1 Å². The highest BCUT2D eigenvalue weighted by molar-refractivity contribution is 7.99. The summed E-state index contributed by atoms with van der Waals surface area (Å²) in [5.41, 5.74) is 2.03. The number of ketones is 1. The van der Waals surface area contributed by atoms with Crippen LogP contribution >= 0.6 is 11.8 Å². The summed E-state index contributed by atoms with van der Waals surface area (Å²) in [6.07, 6.45) is 7.33. The largest absolute Gasteiger partial charge is 0.367 e. The molecule has 0 saturated carbocycles. The zero-order chi connectivity index (χ0) is 15.1. The van der Waals surface area contributed by atoms with Gasteiger partial charge in [-0.25, -0.2) is 4.68 Å². The van der Waals surface area contributed by atoms with Crippen LogP contribution in [0.4, 0.5) is 5.95 Å². The van der Waals surface area contributed by atoms with E-state index in [4.69, 9.17) is 0 Å². The summed E-state index contributed by atoms with van der Waals surface area (Å²) in [6.45, 7) is 2.08. The smallest absolute Gasteiger partial charge is 0.227 e. The quantitative estimate of drug-likeness (QED) is 0.852. The maximum atomic E-state index is 12.5. The second-order valence-electron chi connectivity index (χ2n) is 5.45. The van der Waals surface area contributed by atoms with E-state index in [9.17, 15) is 4.79 Å². The van der Waals surface area contributed by atoms with Crippen LogP contribution in [0, 0.1) is 5.92 Å². The Balaban J connectivity index is 1.86. The van der Waals surface area contributed by atoms with Crippen molar-refractivity contribution >= 4 is 23.5 Å². The molecule has 2 aromatic heterocycles. The van der Waals surface area contributed by atoms with Crippen LogP contribution in [0.2, 0.25) is 0 Å². The normalized spacial score (nSPS) is 23.5. The first-order chi connectivity index (χ1) is 10.8. The summed E-state index contributed by atoms with van der Waals surface area (Å²) < 4.78 is 1.87. The topological polar surface area (TPSA) is 75.6 Å². The third-order valence-electron chi connectivity index (χ3n) is 4.12. The molecule has 2 N–H and O–H groups in total. The van der Waals surface area contributed by atoms with Gasteiger partial charge in [-0.2, -0.15) is 4.98 Å². The minimum atomic E-state index is -0.196. The molecule has 0 fully saturated rings. The van der Waals surface area contributed by atoms with Crippen LogP contribution < -0.4 is 5.32 Å². The first kappa shape index (κ1) is 13.6. The fourth-order valence-electron chi connectivity index (χ4n) is 3.20. The van der Waals surface area contributed by atoms with Crippen molar-refractivity contribution in [2.45, 2.75) is 31.0 Å². The molecule has 0 radical (unpaired) electrons. The Morgan fingerprint density at radius 1 is 1.50 bits per heavy atom. The molecular formula is C15H17N5OS. The van der Waals surface area contributed by atoms with Crippen molar-refractivity contribution in [1.29, 1.82) is 0 Å². The number of anilines is 1. The Bertz CT molecular complexity index is 733. The first-order valence-corrected chi connectivity index (χ1v) is 8.48. The molecular weight excluding hydrogens is 298 g/mol. The summed E-state index contributed by atoms with van der Waals surface area (Å²) in [4.78, 5) is 20.2. The Kier molecular flexibility index (Phi) is 3.29. The standard InChI is InChI=1S/C15H17N5OS/c1-2-22-15-18-14-17-10-4-3-5-11(21)12(10)13(20(14)19-15)9-6-7-16-8-9/h4,6-8,12-13,16H,2-3,5H2,1H3,(H,17,18,19)/t12-,13-/m0/s1. The number of nitrogens with zero attached hydrogens (tertiary/aromatic N) is 3. The number of fused-ring (bicyclic) bond motifs is 2. The van der Waals surface area contributed by atoms with Gasteiger partial charge in [-0.05, 0) is 23.8 Å². The molecule has 1 aliphatic heterocycles. The lowest BCUT2D eigenvalue weighted by atomic mass is 9.81. The maximum Gasteiger partial charge on any atom is 0.227 e. The molecule has 4 rings (SSSR count). The number of allylic oxidation sites excluding steroid dienone is 2. The van der Waals surface area contributed by atoms with E-state index in [0.29, 0.717) is 6.42 Å². The summed E-state index contributed by atoms with van der Waals surface area (Å²) >= 11 is 1.61. The summed E-state index contributed by atoms with van der Waals surface area (Å²) in [6, 6.07) is 1.88. The van der Waals surface area contributed by atoms with Gasteiger partial charge in [-0.15, -0.1) is 5.10 Å². The SMILES string of the molecule is CCSc1nc2n(n1)[C@@H](c1cc[nH]c1)[C@@H]1C(=O)CCC=C1N2. The van der Waals surface area contributed by atoms with Gasteiger partial charge in [0.15, 0.2) is 0 Å². The Morgan fingerprint density at radius 3 is 3.18 bits per heavy atom. The third-order valence-corrected chi connectivity index (χ3v) is 4.84. The lowest BCUT2D eigenvalue weighted by Crippen LogP contribution is -2.38. The minimum Gasteiger partial charge on any atom is -0.367 e. The number of nitrogens with one attached hydrogen (secondary N) is 2. The minimum absolute atomic E-state index is 0.125. The van der Waals surface area contributed by atoms with E-state index in [-0.39, 0.29) is 17.7 Å². The molecule has 6 nitrogen and oxygen atoms in total. The van der Waals surface area contributed by atoms with Gasteiger partial charge >= 0.3 is 0 Å². The molecule has 2 aliphatic rings. The van der Waals surface area contributed by atoms with Crippen LogP contribution in [-0.4, -0.2) is 31.3 Å². The second kappa shape index (κ2) is 5.31. The zero-order valence-corrected chi connectivity index (χ0v) is 13.1. The average molecular weight is 315 g/mol. The van der Waals surface area contributed by atoms with E-state index in [1.165, 1.54) is 0 Å². The predicted octanol–water partition coefficient (Wildman–Crippen LogP) is 2.60. The number of aromatic amines is 1. The molecule has 0 saturated heterocycles. The van der Waals surface area contributed by atoms with Crippen LogP contribution in [0.5, 0.6) is 0 Å². The summed E-state index contributed by atoms with van der Waals surface area (Å²) in [5.74, 6) is 1.71. The van der Waals surface area contributed by atoms with E-state index >= 15 is 0 Å². The molecule has 0 amide bonds. The van der Waals surface area contributed by atoms with Crippen molar-refractivity contribution in [1.82, 2.24) is 19.7 Å². The number of H-pyrrole nitrogens is 1. The molecule has 0 aromatic carbocycles. The number of hydrogen-bond donors (Lipinski definition) is 2. The lowest BCUT2D eigenvalue weighted by Gasteiger charge is -2.35. The van der Waals surface area contributed by atoms with Gasteiger partial charge in [0.05, 0.1) is 12.0 Å². The Morgan fingerprint density at radius 2 is 2.41 bits per heavy atom. The summed E-state index contributed by atoms with van der Waals surface area (Å²) in [7, 11) is 0. The van der Waals surface area contributed by atoms with E-state index < -0.39 is 0 Å². The molecule has 0 unspecified atom stereocenters. The number of hydrogen-bond acceptors (Lipinski definition) is 5. The van der Waals surface area contributed by atoms with Crippen molar-refractivity contribution < 1.29 is 4.79 Å². The van der Waals surface area contributed by atoms with E-state index in [2.05, 4.69) is 33.4 Å². The van der Waals surface area contributed by atoms with Gasteiger partial charge < -0.3 is 10.3 Å². The van der Waals surface area contributed by atoms with E-state index in [1.807, 2.05) is 23.1 Å². The van der Waals surface area contributed by atoms with Crippen LogP contribution in [0.15, 0.2) is 35.4 Å². The first-order valence-electron chi connectivity index (χ1n) is 7.49. The van der Waals surface area contributed by atoms with E-state index in [1.54, 1.807) is 11.8 Å². The number of thioether (sulfide) groups is 1. The number of aromatic nitrogens is 4. The van der Waals surface area contributed by atoms with Crippen LogP contribution in [0.3, 0.4) is 0 Å². The molecule has 3 heterocycles. The van der Waals surface area contributed by atoms with Gasteiger partial charge in [-0.1, -0.05) is 24.8 Å². The van der Waals surface area contributed by atoms with Gasteiger partial charge in [0, 0.05) is 24.5 Å². The molecule has 114 valence electrons. The Hall–Kier alpha value is -2.02. The molecule has 1 aliphatic carbocycles. The lowest BCUT2D eigenvalue weighted by molar-refractivity contribution is -0.123. The van der Waals surface area contributed by atoms with E-state index in [0.717, 1.165) is 34.5 Å². The monoisotopic (exact) mass is 315 g/mol. The molecule has 7 heteroatoms. The molecule has 0 bridgehead atoms. The highest BCUT2D eigenvalue weighted by Gasteiger charge is 2.41. The average Bonchev–Trinajstić information content (AvgIpc) is 3.14.